The van der Waals surface area contributed by atoms with E-state index in [2.05, 4.69) is 0 Å². The molecule has 0 bridgehead atoms. The number of alkyl halides is 1. The van der Waals surface area contributed by atoms with Crippen molar-refractivity contribution in [3.05, 3.63) is 35.9 Å². The zero-order chi connectivity index (χ0) is 9.80. The van der Waals surface area contributed by atoms with E-state index in [1.54, 1.807) is 0 Å². The first-order chi connectivity index (χ1) is 6.86. The third-order valence-electron chi connectivity index (χ3n) is 2.15. The third-order valence-corrected chi connectivity index (χ3v) is 2.15. The van der Waals surface area contributed by atoms with Crippen molar-refractivity contribution in [1.29, 1.82) is 0 Å². The highest BCUT2D eigenvalue weighted by Gasteiger charge is 2.32. The molecule has 3 heteroatoms. The summed E-state index contributed by atoms with van der Waals surface area (Å²) in [5, 5.41) is 0. The summed E-state index contributed by atoms with van der Waals surface area (Å²) >= 11 is 0. The van der Waals surface area contributed by atoms with Gasteiger partial charge in [-0.25, -0.2) is 4.39 Å². The summed E-state index contributed by atoms with van der Waals surface area (Å²) in [6.45, 7) is 1.13. The van der Waals surface area contributed by atoms with Crippen LogP contribution >= 0.6 is 0 Å². The van der Waals surface area contributed by atoms with Crippen LogP contribution in [0, 0.1) is 0 Å². The Balaban J connectivity index is 1.67. The number of rotatable bonds is 5. The van der Waals surface area contributed by atoms with Gasteiger partial charge in [0.05, 0.1) is 19.8 Å². The van der Waals surface area contributed by atoms with Crippen molar-refractivity contribution in [2.45, 2.75) is 18.9 Å². The van der Waals surface area contributed by atoms with Crippen molar-refractivity contribution in [3.8, 4) is 0 Å². The van der Waals surface area contributed by atoms with Crippen LogP contribution in [0.15, 0.2) is 30.3 Å². The minimum Gasteiger partial charge on any atom is -0.374 e. The van der Waals surface area contributed by atoms with Crippen molar-refractivity contribution < 1.29 is 13.9 Å². The summed E-state index contributed by atoms with van der Waals surface area (Å²) in [6, 6.07) is 9.74. The van der Waals surface area contributed by atoms with Crippen molar-refractivity contribution >= 4 is 0 Å². The van der Waals surface area contributed by atoms with Crippen molar-refractivity contribution in [2.24, 2.45) is 0 Å². The van der Waals surface area contributed by atoms with Crippen LogP contribution in [0.4, 0.5) is 4.39 Å². The summed E-state index contributed by atoms with van der Waals surface area (Å²) in [4.78, 5) is 0. The highest BCUT2D eigenvalue weighted by Crippen LogP contribution is 2.17. The first kappa shape index (κ1) is 9.62. The van der Waals surface area contributed by atoms with E-state index in [1.807, 2.05) is 30.3 Å². The van der Waals surface area contributed by atoms with Crippen LogP contribution in [0.5, 0.6) is 0 Å². The van der Waals surface area contributed by atoms with Gasteiger partial charge < -0.3 is 9.47 Å². The number of benzene rings is 1. The molecule has 1 saturated heterocycles. The summed E-state index contributed by atoms with van der Waals surface area (Å²) in [7, 11) is 0. The molecule has 2 rings (SSSR count). The molecular formula is C11H13FO2. The van der Waals surface area contributed by atoms with Gasteiger partial charge in [0.25, 0.3) is 0 Å². The number of hydrogen-bond acceptors (Lipinski definition) is 2. The molecule has 1 fully saturated rings. The first-order valence-corrected chi connectivity index (χ1v) is 4.73. The lowest BCUT2D eigenvalue weighted by Crippen LogP contribution is -2.16. The average Bonchev–Trinajstić information content (AvgIpc) is 3.02. The number of halogens is 1. The Bertz CT molecular complexity index is 272. The summed E-state index contributed by atoms with van der Waals surface area (Å²) in [5.41, 5.74) is 1.07. The van der Waals surface area contributed by atoms with Gasteiger partial charge in [-0.2, -0.15) is 0 Å². The van der Waals surface area contributed by atoms with Gasteiger partial charge in [-0.3, -0.25) is 0 Å². The fourth-order valence-corrected chi connectivity index (χ4v) is 1.24. The zero-order valence-corrected chi connectivity index (χ0v) is 7.86. The molecule has 76 valence electrons. The maximum absolute atomic E-state index is 13.0. The van der Waals surface area contributed by atoms with Crippen LogP contribution in [-0.2, 0) is 16.1 Å². The predicted octanol–water partition coefficient (Wildman–Crippen LogP) is 1.94. The molecule has 1 aromatic carbocycles. The maximum atomic E-state index is 13.0. The Kier molecular flexibility index (Phi) is 3.11. The number of epoxide rings is 1. The molecule has 0 unspecified atom stereocenters. The zero-order valence-electron chi connectivity index (χ0n) is 7.86. The van der Waals surface area contributed by atoms with Crippen LogP contribution in [0.1, 0.15) is 5.56 Å². The lowest BCUT2D eigenvalue weighted by Gasteiger charge is -2.06. The Morgan fingerprint density at radius 3 is 2.79 bits per heavy atom. The smallest absolute Gasteiger partial charge is 0.152 e. The van der Waals surface area contributed by atoms with Gasteiger partial charge in [0.2, 0.25) is 0 Å². The minimum atomic E-state index is -0.973. The quantitative estimate of drug-likeness (QED) is 0.671. The fraction of sp³-hybridized carbons (Fsp3) is 0.455. The Labute approximate surface area is 82.6 Å². The summed E-state index contributed by atoms with van der Waals surface area (Å²) in [5.74, 6) is 0. The SMILES string of the molecule is F[C@H](COCc1ccccc1)[C@@H]1CO1. The molecule has 0 saturated carbocycles. The van der Waals surface area contributed by atoms with Gasteiger partial charge in [-0.1, -0.05) is 30.3 Å². The third kappa shape index (κ3) is 2.79. The van der Waals surface area contributed by atoms with E-state index in [9.17, 15) is 4.39 Å². The fourth-order valence-electron chi connectivity index (χ4n) is 1.24. The molecular weight excluding hydrogens is 183 g/mol. The molecule has 1 aromatic rings. The van der Waals surface area contributed by atoms with E-state index in [4.69, 9.17) is 9.47 Å². The van der Waals surface area contributed by atoms with Crippen molar-refractivity contribution in [2.75, 3.05) is 13.2 Å². The number of ether oxygens (including phenoxy) is 2. The van der Waals surface area contributed by atoms with E-state index in [-0.39, 0.29) is 12.7 Å². The molecule has 0 aliphatic carbocycles. The second-order valence-electron chi connectivity index (χ2n) is 3.39. The minimum absolute atomic E-state index is 0.125. The Hall–Kier alpha value is -0.930. The van der Waals surface area contributed by atoms with E-state index in [0.29, 0.717) is 13.2 Å². The van der Waals surface area contributed by atoms with Gasteiger partial charge in [-0.05, 0) is 5.56 Å². The van der Waals surface area contributed by atoms with Gasteiger partial charge in [0, 0.05) is 0 Å². The molecule has 0 amide bonds. The van der Waals surface area contributed by atoms with Crippen LogP contribution in [-0.4, -0.2) is 25.5 Å². The highest BCUT2D eigenvalue weighted by atomic mass is 19.1. The molecule has 1 heterocycles. The second kappa shape index (κ2) is 4.53. The van der Waals surface area contributed by atoms with E-state index >= 15 is 0 Å². The molecule has 1 aliphatic heterocycles. The lowest BCUT2D eigenvalue weighted by atomic mass is 10.2. The predicted molar refractivity (Wildman–Crippen MR) is 50.7 cm³/mol. The van der Waals surface area contributed by atoms with Gasteiger partial charge in [0.15, 0.2) is 6.17 Å². The molecule has 0 spiro atoms. The van der Waals surface area contributed by atoms with Gasteiger partial charge >= 0.3 is 0 Å². The van der Waals surface area contributed by atoms with Gasteiger partial charge in [-0.15, -0.1) is 0 Å². The van der Waals surface area contributed by atoms with Crippen molar-refractivity contribution in [1.82, 2.24) is 0 Å². The monoisotopic (exact) mass is 196 g/mol. The van der Waals surface area contributed by atoms with Crippen LogP contribution in [0.2, 0.25) is 0 Å². The first-order valence-electron chi connectivity index (χ1n) is 4.73. The molecule has 0 N–H and O–H groups in total. The van der Waals surface area contributed by atoms with Crippen LogP contribution < -0.4 is 0 Å². The van der Waals surface area contributed by atoms with E-state index in [1.165, 1.54) is 0 Å². The standard InChI is InChI=1S/C11H13FO2/c12-10(11-8-14-11)7-13-6-9-4-2-1-3-5-9/h1-5,10-11H,6-8H2/t10-,11+/m1/s1. The largest absolute Gasteiger partial charge is 0.374 e. The lowest BCUT2D eigenvalue weighted by molar-refractivity contribution is 0.0580. The van der Waals surface area contributed by atoms with E-state index < -0.39 is 6.17 Å². The molecule has 2 nitrogen and oxygen atoms in total. The molecule has 2 atom stereocenters. The maximum Gasteiger partial charge on any atom is 0.152 e. The Morgan fingerprint density at radius 1 is 1.43 bits per heavy atom. The number of hydrogen-bond donors (Lipinski definition) is 0. The van der Waals surface area contributed by atoms with Crippen LogP contribution in [0.3, 0.4) is 0 Å². The Morgan fingerprint density at radius 2 is 2.14 bits per heavy atom. The van der Waals surface area contributed by atoms with Crippen LogP contribution in [0.25, 0.3) is 0 Å². The average molecular weight is 196 g/mol. The van der Waals surface area contributed by atoms with E-state index in [0.717, 1.165) is 5.56 Å². The topological polar surface area (TPSA) is 21.8 Å². The molecule has 0 radical (unpaired) electrons. The molecule has 1 aliphatic rings. The normalized spacial score (nSPS) is 21.9. The second-order valence-corrected chi connectivity index (χ2v) is 3.39. The highest BCUT2D eigenvalue weighted by molar-refractivity contribution is 5.13. The summed E-state index contributed by atoms with van der Waals surface area (Å²) < 4.78 is 23.1. The van der Waals surface area contributed by atoms with Gasteiger partial charge in [0.1, 0.15) is 6.10 Å². The van der Waals surface area contributed by atoms with Crippen molar-refractivity contribution in [3.63, 3.8) is 0 Å². The summed E-state index contributed by atoms with van der Waals surface area (Å²) in [6.07, 6.45) is -1.19. The molecule has 0 aromatic heterocycles. The molecule has 14 heavy (non-hydrogen) atoms.